The number of hydrogen-bond donors (Lipinski definition) is 0. The number of carbonyl (C=O) groups is 3. The standard InChI is InChI=1S/C26H21NO5S/c1-16-19-9-4-5-11-23(19)33-24(16)21(28)15-32-26(30)20-13-17-7-2-3-8-18(17)14-27(20)25(29)22-10-6-12-31-22/h2-12,20H,13-15H2,1H3/t20-/m0/s1. The lowest BCUT2D eigenvalue weighted by Gasteiger charge is -2.34. The lowest BCUT2D eigenvalue weighted by molar-refractivity contribution is -0.148. The molecular weight excluding hydrogens is 438 g/mol. The average Bonchev–Trinajstić information content (AvgIpc) is 3.50. The van der Waals surface area contributed by atoms with Crippen LogP contribution in [0.5, 0.6) is 0 Å². The first-order chi connectivity index (χ1) is 16.0. The molecule has 2 aromatic heterocycles. The topological polar surface area (TPSA) is 76.8 Å². The monoisotopic (exact) mass is 459 g/mol. The van der Waals surface area contributed by atoms with Crippen molar-refractivity contribution in [1.82, 2.24) is 4.90 Å². The first-order valence-electron chi connectivity index (χ1n) is 10.6. The SMILES string of the molecule is Cc1c(C(=O)COC(=O)[C@@H]2Cc3ccccc3CN2C(=O)c2ccco2)sc2ccccc12. The Balaban J connectivity index is 1.35. The Kier molecular flexibility index (Phi) is 5.56. The molecule has 0 spiro atoms. The zero-order valence-corrected chi connectivity index (χ0v) is 18.8. The van der Waals surface area contributed by atoms with Gasteiger partial charge in [0.1, 0.15) is 6.04 Å². The maximum Gasteiger partial charge on any atom is 0.329 e. The molecule has 0 saturated heterocycles. The summed E-state index contributed by atoms with van der Waals surface area (Å²) in [5.74, 6) is -1.08. The van der Waals surface area contributed by atoms with E-state index in [9.17, 15) is 14.4 Å². The molecule has 0 unspecified atom stereocenters. The molecule has 0 bridgehead atoms. The molecule has 166 valence electrons. The van der Waals surface area contributed by atoms with Gasteiger partial charge < -0.3 is 14.1 Å². The molecule has 1 atom stereocenters. The number of benzene rings is 2. The minimum absolute atomic E-state index is 0.157. The summed E-state index contributed by atoms with van der Waals surface area (Å²) >= 11 is 1.40. The molecule has 4 aromatic rings. The quantitative estimate of drug-likeness (QED) is 0.317. The molecule has 5 rings (SSSR count). The normalized spacial score (nSPS) is 15.3. The van der Waals surface area contributed by atoms with Gasteiger partial charge in [-0.2, -0.15) is 0 Å². The third-order valence-corrected chi connectivity index (χ3v) is 7.27. The van der Waals surface area contributed by atoms with Crippen molar-refractivity contribution in [1.29, 1.82) is 0 Å². The fourth-order valence-electron chi connectivity index (χ4n) is 4.23. The largest absolute Gasteiger partial charge is 0.459 e. The maximum atomic E-state index is 13.1. The fourth-order valence-corrected chi connectivity index (χ4v) is 5.36. The Morgan fingerprint density at radius 3 is 2.55 bits per heavy atom. The van der Waals surface area contributed by atoms with Crippen LogP contribution < -0.4 is 0 Å². The second-order valence-electron chi connectivity index (χ2n) is 7.98. The van der Waals surface area contributed by atoms with E-state index in [1.165, 1.54) is 22.5 Å². The summed E-state index contributed by atoms with van der Waals surface area (Å²) < 4.78 is 11.7. The molecule has 6 nitrogen and oxygen atoms in total. The van der Waals surface area contributed by atoms with Crippen LogP contribution in [0.3, 0.4) is 0 Å². The summed E-state index contributed by atoms with van der Waals surface area (Å²) in [6.45, 7) is 1.79. The van der Waals surface area contributed by atoms with Gasteiger partial charge in [-0.3, -0.25) is 9.59 Å². The number of fused-ring (bicyclic) bond motifs is 2. The highest BCUT2D eigenvalue weighted by atomic mass is 32.1. The number of furan rings is 1. The van der Waals surface area contributed by atoms with Crippen LogP contribution in [-0.4, -0.2) is 35.2 Å². The van der Waals surface area contributed by atoms with E-state index in [1.807, 2.05) is 55.5 Å². The highest BCUT2D eigenvalue weighted by molar-refractivity contribution is 7.21. The molecule has 1 aliphatic heterocycles. The molecule has 33 heavy (non-hydrogen) atoms. The molecular formula is C26H21NO5S. The van der Waals surface area contributed by atoms with E-state index in [-0.39, 0.29) is 30.6 Å². The van der Waals surface area contributed by atoms with Crippen LogP contribution >= 0.6 is 11.3 Å². The van der Waals surface area contributed by atoms with Crippen molar-refractivity contribution in [3.05, 3.63) is 94.3 Å². The number of nitrogens with zero attached hydrogens (tertiary/aromatic N) is 1. The Hall–Kier alpha value is -3.71. The fraction of sp³-hybridized carbons (Fsp3) is 0.192. The van der Waals surface area contributed by atoms with Crippen LogP contribution in [0.1, 0.15) is 36.9 Å². The van der Waals surface area contributed by atoms with Gasteiger partial charge in [-0.15, -0.1) is 11.3 Å². The van der Waals surface area contributed by atoms with Crippen molar-refractivity contribution in [3.8, 4) is 0 Å². The Morgan fingerprint density at radius 1 is 1.03 bits per heavy atom. The van der Waals surface area contributed by atoms with Gasteiger partial charge in [-0.05, 0) is 47.2 Å². The second kappa shape index (κ2) is 8.67. The van der Waals surface area contributed by atoms with E-state index in [4.69, 9.17) is 9.15 Å². The van der Waals surface area contributed by atoms with Gasteiger partial charge in [0, 0.05) is 17.7 Å². The Morgan fingerprint density at radius 2 is 1.79 bits per heavy atom. The molecule has 7 heteroatoms. The number of rotatable bonds is 5. The van der Waals surface area contributed by atoms with E-state index < -0.39 is 12.0 Å². The molecule has 1 aliphatic rings. The summed E-state index contributed by atoms with van der Waals surface area (Å²) in [6, 6.07) is 17.8. The van der Waals surface area contributed by atoms with Crippen LogP contribution in [0.15, 0.2) is 71.3 Å². The number of hydrogen-bond acceptors (Lipinski definition) is 6. The number of ketones is 1. The van der Waals surface area contributed by atoms with Gasteiger partial charge in [0.15, 0.2) is 12.4 Å². The summed E-state index contributed by atoms with van der Waals surface area (Å²) in [5.41, 5.74) is 2.84. The Labute approximate surface area is 194 Å². The zero-order valence-electron chi connectivity index (χ0n) is 17.9. The van der Waals surface area contributed by atoms with E-state index >= 15 is 0 Å². The van der Waals surface area contributed by atoms with Gasteiger partial charge in [0.25, 0.3) is 5.91 Å². The number of thiophene rings is 1. The van der Waals surface area contributed by atoms with Gasteiger partial charge in [-0.25, -0.2) is 4.79 Å². The first kappa shape index (κ1) is 21.2. The predicted molar refractivity (Wildman–Crippen MR) is 124 cm³/mol. The van der Waals surface area contributed by atoms with Crippen molar-refractivity contribution in [2.45, 2.75) is 25.9 Å². The van der Waals surface area contributed by atoms with E-state index in [0.29, 0.717) is 11.3 Å². The number of ether oxygens (including phenoxy) is 1. The van der Waals surface area contributed by atoms with Crippen molar-refractivity contribution in [2.75, 3.05) is 6.61 Å². The molecule has 1 amide bonds. The predicted octanol–water partition coefficient (Wildman–Crippen LogP) is 4.80. The smallest absolute Gasteiger partial charge is 0.329 e. The summed E-state index contributed by atoms with van der Waals surface area (Å²) in [7, 11) is 0. The van der Waals surface area contributed by atoms with E-state index in [2.05, 4.69) is 0 Å². The molecule has 0 aliphatic carbocycles. The van der Waals surface area contributed by atoms with Gasteiger partial charge in [0.05, 0.1) is 11.1 Å². The van der Waals surface area contributed by atoms with Crippen molar-refractivity contribution in [2.24, 2.45) is 0 Å². The van der Waals surface area contributed by atoms with Crippen molar-refractivity contribution in [3.63, 3.8) is 0 Å². The summed E-state index contributed by atoms with van der Waals surface area (Å²) in [6.07, 6.45) is 1.74. The summed E-state index contributed by atoms with van der Waals surface area (Å²) in [5, 5.41) is 1.02. The Bertz CT molecular complexity index is 1350. The molecule has 3 heterocycles. The molecule has 0 fully saturated rings. The number of amides is 1. The highest BCUT2D eigenvalue weighted by Crippen LogP contribution is 2.31. The summed E-state index contributed by atoms with van der Waals surface area (Å²) in [4.78, 5) is 41.0. The third kappa shape index (κ3) is 3.96. The van der Waals surface area contributed by atoms with E-state index in [1.54, 1.807) is 12.1 Å². The van der Waals surface area contributed by atoms with Crippen molar-refractivity contribution < 1.29 is 23.5 Å². The van der Waals surface area contributed by atoms with Crippen LogP contribution in [0, 0.1) is 6.92 Å². The minimum atomic E-state index is -0.839. The molecule has 0 radical (unpaired) electrons. The van der Waals surface area contributed by atoms with Crippen LogP contribution in [0.25, 0.3) is 10.1 Å². The lowest BCUT2D eigenvalue weighted by Crippen LogP contribution is -2.49. The maximum absolute atomic E-state index is 13.1. The first-order valence-corrected chi connectivity index (χ1v) is 11.4. The molecule has 0 saturated carbocycles. The molecule has 0 N–H and O–H groups in total. The van der Waals surface area contributed by atoms with Crippen LogP contribution in [0.4, 0.5) is 0 Å². The van der Waals surface area contributed by atoms with E-state index in [0.717, 1.165) is 26.8 Å². The second-order valence-corrected chi connectivity index (χ2v) is 9.03. The lowest BCUT2D eigenvalue weighted by atomic mass is 9.93. The van der Waals surface area contributed by atoms with Crippen molar-refractivity contribution >= 4 is 39.1 Å². The molecule has 2 aromatic carbocycles. The number of esters is 1. The third-order valence-electron chi connectivity index (χ3n) is 5.96. The number of aryl methyl sites for hydroxylation is 1. The van der Waals surface area contributed by atoms with Crippen LogP contribution in [-0.2, 0) is 22.5 Å². The van der Waals surface area contributed by atoms with Crippen LogP contribution in [0.2, 0.25) is 0 Å². The average molecular weight is 460 g/mol. The zero-order chi connectivity index (χ0) is 22.9. The minimum Gasteiger partial charge on any atom is -0.459 e. The number of carbonyl (C=O) groups excluding carboxylic acids is 3. The number of Topliss-reactive ketones (excluding diaryl/α,β-unsaturated/α-hetero) is 1. The highest BCUT2D eigenvalue weighted by Gasteiger charge is 2.37. The van der Waals surface area contributed by atoms with Gasteiger partial charge in [-0.1, -0.05) is 42.5 Å². The van der Waals surface area contributed by atoms with Gasteiger partial charge >= 0.3 is 5.97 Å². The van der Waals surface area contributed by atoms with Gasteiger partial charge in [0.2, 0.25) is 5.78 Å².